The maximum atomic E-state index is 5.44. The number of aromatic nitrogens is 6. The molecule has 7 nitrogen and oxygen atoms in total. The normalized spacial score (nSPS) is 11.6. The van der Waals surface area contributed by atoms with Gasteiger partial charge in [-0.15, -0.1) is 5.10 Å². The van der Waals surface area contributed by atoms with Crippen LogP contribution in [0.5, 0.6) is 0 Å². The van der Waals surface area contributed by atoms with Crippen LogP contribution in [-0.4, -0.2) is 30.1 Å². The highest BCUT2D eigenvalue weighted by Crippen LogP contribution is 2.22. The van der Waals surface area contributed by atoms with E-state index in [-0.39, 0.29) is 0 Å². The summed E-state index contributed by atoms with van der Waals surface area (Å²) in [4.78, 5) is 7.84. The van der Waals surface area contributed by atoms with E-state index < -0.39 is 0 Å². The number of nitrogens with one attached hydrogen (secondary N) is 1. The maximum absolute atomic E-state index is 5.44. The summed E-state index contributed by atoms with van der Waals surface area (Å²) in [6, 6.07) is 14.1. The molecular formula is C19H16N6O. The molecule has 0 radical (unpaired) electrons. The zero-order chi connectivity index (χ0) is 17.5. The van der Waals surface area contributed by atoms with Gasteiger partial charge in [-0.05, 0) is 36.2 Å². The molecule has 1 N–H and O–H groups in total. The molecule has 26 heavy (non-hydrogen) atoms. The Bertz CT molecular complexity index is 1220. The number of hydrogen-bond donors (Lipinski definition) is 1. The molecule has 0 fully saturated rings. The van der Waals surface area contributed by atoms with E-state index in [2.05, 4.69) is 37.6 Å². The molecule has 0 aliphatic heterocycles. The third-order valence-electron chi connectivity index (χ3n) is 4.62. The van der Waals surface area contributed by atoms with Crippen molar-refractivity contribution < 1.29 is 4.52 Å². The molecule has 0 saturated heterocycles. The van der Waals surface area contributed by atoms with Crippen LogP contribution in [0.2, 0.25) is 0 Å². The van der Waals surface area contributed by atoms with Crippen LogP contribution >= 0.6 is 0 Å². The fourth-order valence-corrected chi connectivity index (χ4v) is 3.22. The van der Waals surface area contributed by atoms with Gasteiger partial charge in [-0.3, -0.25) is 0 Å². The van der Waals surface area contributed by atoms with Crippen molar-refractivity contribution in [2.75, 3.05) is 0 Å². The van der Waals surface area contributed by atoms with Crippen LogP contribution in [0.3, 0.4) is 0 Å². The minimum absolute atomic E-state index is 0.585. The van der Waals surface area contributed by atoms with Gasteiger partial charge in [0, 0.05) is 36.1 Å². The Kier molecular flexibility index (Phi) is 3.31. The second-order valence-corrected chi connectivity index (χ2v) is 6.29. The van der Waals surface area contributed by atoms with Gasteiger partial charge in [-0.1, -0.05) is 28.6 Å². The van der Waals surface area contributed by atoms with Crippen LogP contribution in [0.15, 0.2) is 53.2 Å². The first kappa shape index (κ1) is 14.8. The number of fused-ring (bicyclic) bond motifs is 2. The molecule has 0 amide bonds. The quantitative estimate of drug-likeness (QED) is 0.541. The number of para-hydroxylation sites is 1. The Morgan fingerprint density at radius 2 is 2.04 bits per heavy atom. The summed E-state index contributed by atoms with van der Waals surface area (Å²) in [5, 5.41) is 13.5. The molecule has 0 atom stereocenters. The van der Waals surface area contributed by atoms with Crippen molar-refractivity contribution in [2.45, 2.75) is 12.8 Å². The lowest BCUT2D eigenvalue weighted by Gasteiger charge is -1.96. The zero-order valence-electron chi connectivity index (χ0n) is 14.2. The number of nitrogens with zero attached hydrogens (tertiary/aromatic N) is 5. The highest BCUT2D eigenvalue weighted by atomic mass is 16.5. The Balaban J connectivity index is 1.38. The van der Waals surface area contributed by atoms with Gasteiger partial charge in [0.2, 0.25) is 11.7 Å². The summed E-state index contributed by atoms with van der Waals surface area (Å²) in [5.41, 5.74) is 5.08. The summed E-state index contributed by atoms with van der Waals surface area (Å²) in [5.74, 6) is 1.22. The minimum atomic E-state index is 0.585. The van der Waals surface area contributed by atoms with Crippen molar-refractivity contribution in [1.82, 2.24) is 30.1 Å². The molecule has 0 spiro atoms. The van der Waals surface area contributed by atoms with Crippen LogP contribution in [0.25, 0.3) is 33.3 Å². The molecule has 0 unspecified atom stereocenters. The van der Waals surface area contributed by atoms with Crippen molar-refractivity contribution in [3.05, 3.63) is 60.1 Å². The highest BCUT2D eigenvalue weighted by Gasteiger charge is 2.12. The lowest BCUT2D eigenvalue weighted by atomic mass is 10.1. The second kappa shape index (κ2) is 5.80. The predicted octanol–water partition coefficient (Wildman–Crippen LogP) is 3.28. The van der Waals surface area contributed by atoms with E-state index in [4.69, 9.17) is 4.52 Å². The predicted molar refractivity (Wildman–Crippen MR) is 97.5 cm³/mol. The van der Waals surface area contributed by atoms with E-state index in [1.807, 2.05) is 43.6 Å². The zero-order valence-corrected chi connectivity index (χ0v) is 14.2. The van der Waals surface area contributed by atoms with Gasteiger partial charge < -0.3 is 9.51 Å². The van der Waals surface area contributed by atoms with Gasteiger partial charge in [0.1, 0.15) is 5.52 Å². The fraction of sp³-hybridized carbons (Fsp3) is 0.158. The number of benzene rings is 2. The summed E-state index contributed by atoms with van der Waals surface area (Å²) < 4.78 is 7.18. The highest BCUT2D eigenvalue weighted by molar-refractivity contribution is 5.83. The standard InChI is InChI=1S/C19H16N6O/c1-25-17-10-12(6-8-16(17)22-24-25)19-21-18(26-23-19)9-7-13-11-20-15-5-3-2-4-14(13)15/h2-6,8,10-11,20H,7,9H2,1H3. The van der Waals surface area contributed by atoms with Crippen molar-refractivity contribution >= 4 is 21.9 Å². The van der Waals surface area contributed by atoms with Gasteiger partial charge in [0.25, 0.3) is 0 Å². The third-order valence-corrected chi connectivity index (χ3v) is 4.62. The molecule has 0 aliphatic carbocycles. The summed E-state index contributed by atoms with van der Waals surface area (Å²) >= 11 is 0. The minimum Gasteiger partial charge on any atom is -0.361 e. The maximum Gasteiger partial charge on any atom is 0.227 e. The van der Waals surface area contributed by atoms with Crippen molar-refractivity contribution in [3.8, 4) is 11.4 Å². The molecule has 5 rings (SSSR count). The number of aryl methyl sites for hydroxylation is 3. The van der Waals surface area contributed by atoms with E-state index in [9.17, 15) is 0 Å². The van der Waals surface area contributed by atoms with E-state index in [1.165, 1.54) is 10.9 Å². The van der Waals surface area contributed by atoms with E-state index in [1.54, 1.807) is 4.68 Å². The number of hydrogen-bond acceptors (Lipinski definition) is 5. The molecule has 3 aromatic heterocycles. The van der Waals surface area contributed by atoms with Crippen LogP contribution < -0.4 is 0 Å². The first-order valence-corrected chi connectivity index (χ1v) is 8.45. The van der Waals surface area contributed by atoms with Crippen LogP contribution in [0.1, 0.15) is 11.5 Å². The molecule has 7 heteroatoms. The van der Waals surface area contributed by atoms with Gasteiger partial charge in [-0.25, -0.2) is 4.68 Å². The molecule has 0 saturated carbocycles. The van der Waals surface area contributed by atoms with Gasteiger partial charge in [0.15, 0.2) is 0 Å². The van der Waals surface area contributed by atoms with Crippen molar-refractivity contribution in [1.29, 1.82) is 0 Å². The van der Waals surface area contributed by atoms with E-state index in [0.717, 1.165) is 28.5 Å². The van der Waals surface area contributed by atoms with Crippen LogP contribution in [-0.2, 0) is 19.9 Å². The molecule has 128 valence electrons. The molecule has 0 bridgehead atoms. The van der Waals surface area contributed by atoms with E-state index in [0.29, 0.717) is 18.1 Å². The summed E-state index contributed by atoms with van der Waals surface area (Å²) in [6.07, 6.45) is 3.59. The molecule has 3 heterocycles. The second-order valence-electron chi connectivity index (χ2n) is 6.29. The summed E-state index contributed by atoms with van der Waals surface area (Å²) in [6.45, 7) is 0. The largest absolute Gasteiger partial charge is 0.361 e. The molecule has 2 aromatic carbocycles. The number of rotatable bonds is 4. The monoisotopic (exact) mass is 344 g/mol. The van der Waals surface area contributed by atoms with E-state index >= 15 is 0 Å². The lowest BCUT2D eigenvalue weighted by Crippen LogP contribution is -1.91. The van der Waals surface area contributed by atoms with Crippen molar-refractivity contribution in [3.63, 3.8) is 0 Å². The topological polar surface area (TPSA) is 85.4 Å². The Morgan fingerprint density at radius 1 is 1.12 bits per heavy atom. The third kappa shape index (κ3) is 2.45. The molecule has 5 aromatic rings. The first-order valence-electron chi connectivity index (χ1n) is 8.45. The average molecular weight is 344 g/mol. The fourth-order valence-electron chi connectivity index (χ4n) is 3.22. The van der Waals surface area contributed by atoms with Gasteiger partial charge in [0.05, 0.1) is 5.52 Å². The van der Waals surface area contributed by atoms with Crippen LogP contribution in [0.4, 0.5) is 0 Å². The van der Waals surface area contributed by atoms with Crippen molar-refractivity contribution in [2.24, 2.45) is 7.05 Å². The number of aromatic amines is 1. The smallest absolute Gasteiger partial charge is 0.227 e. The molecule has 0 aliphatic rings. The first-order chi connectivity index (χ1) is 12.8. The summed E-state index contributed by atoms with van der Waals surface area (Å²) in [7, 11) is 1.86. The number of H-pyrrole nitrogens is 1. The van der Waals surface area contributed by atoms with Gasteiger partial charge >= 0.3 is 0 Å². The lowest BCUT2D eigenvalue weighted by molar-refractivity contribution is 0.379. The Labute approximate surface area is 148 Å². The van der Waals surface area contributed by atoms with Gasteiger partial charge in [-0.2, -0.15) is 4.98 Å². The Hall–Kier alpha value is -3.48. The Morgan fingerprint density at radius 3 is 3.00 bits per heavy atom. The SMILES string of the molecule is Cn1nnc2ccc(-c3noc(CCc4c[nH]c5ccccc45)n3)cc21. The molecular weight excluding hydrogens is 328 g/mol. The van der Waals surface area contributed by atoms with Crippen LogP contribution in [0, 0.1) is 0 Å². The average Bonchev–Trinajstić information content (AvgIpc) is 3.39.